The van der Waals surface area contributed by atoms with Gasteiger partial charge in [-0.3, -0.25) is 4.90 Å². The summed E-state index contributed by atoms with van der Waals surface area (Å²) in [5, 5.41) is 5.60. The molecule has 0 saturated carbocycles. The summed E-state index contributed by atoms with van der Waals surface area (Å²) >= 11 is 0. The molecule has 1 aliphatic rings. The maximum absolute atomic E-state index is 12.6. The van der Waals surface area contributed by atoms with E-state index in [1.165, 1.54) is 0 Å². The van der Waals surface area contributed by atoms with Gasteiger partial charge in [-0.25, -0.2) is 10.1 Å². The van der Waals surface area contributed by atoms with Crippen molar-refractivity contribution in [3.63, 3.8) is 0 Å². The largest absolute Gasteiger partial charge is 0.478 e. The highest BCUT2D eigenvalue weighted by Gasteiger charge is 2.36. The SMILES string of the molecule is CCOc1ccc(CN2CCN(c3nc(C(F)(F)F)n[nH]3)CC2)cn1. The van der Waals surface area contributed by atoms with Gasteiger partial charge in [0.15, 0.2) is 0 Å². The predicted molar refractivity (Wildman–Crippen MR) is 84.3 cm³/mol. The summed E-state index contributed by atoms with van der Waals surface area (Å²) in [7, 11) is 0. The summed E-state index contributed by atoms with van der Waals surface area (Å²) in [4.78, 5) is 11.8. The summed E-state index contributed by atoms with van der Waals surface area (Å²) in [6, 6.07) is 3.80. The number of ether oxygens (including phenoxy) is 1. The zero-order chi connectivity index (χ0) is 17.9. The van der Waals surface area contributed by atoms with Crippen LogP contribution in [-0.2, 0) is 12.7 Å². The van der Waals surface area contributed by atoms with Crippen LogP contribution in [0.1, 0.15) is 18.3 Å². The summed E-state index contributed by atoms with van der Waals surface area (Å²) < 4.78 is 43.0. The summed E-state index contributed by atoms with van der Waals surface area (Å²) in [6.45, 7) is 5.81. The van der Waals surface area contributed by atoms with Crippen LogP contribution >= 0.6 is 0 Å². The zero-order valence-corrected chi connectivity index (χ0v) is 13.8. The number of hydrogen-bond donors (Lipinski definition) is 1. The molecule has 7 nitrogen and oxygen atoms in total. The van der Waals surface area contributed by atoms with Crippen molar-refractivity contribution in [2.75, 3.05) is 37.7 Å². The van der Waals surface area contributed by atoms with Gasteiger partial charge in [0, 0.05) is 45.0 Å². The molecule has 3 rings (SSSR count). The first kappa shape index (κ1) is 17.5. The second kappa shape index (κ2) is 7.26. The molecule has 0 unspecified atom stereocenters. The number of anilines is 1. The van der Waals surface area contributed by atoms with Gasteiger partial charge in [0.2, 0.25) is 11.8 Å². The van der Waals surface area contributed by atoms with E-state index in [2.05, 4.69) is 25.1 Å². The highest BCUT2D eigenvalue weighted by molar-refractivity contribution is 5.30. The minimum Gasteiger partial charge on any atom is -0.478 e. The summed E-state index contributed by atoms with van der Waals surface area (Å²) in [5.41, 5.74) is 1.07. The van der Waals surface area contributed by atoms with Crippen molar-refractivity contribution in [2.45, 2.75) is 19.6 Å². The fourth-order valence-electron chi connectivity index (χ4n) is 2.64. The second-order valence-electron chi connectivity index (χ2n) is 5.68. The number of rotatable bonds is 5. The second-order valence-corrected chi connectivity index (χ2v) is 5.68. The molecule has 10 heteroatoms. The number of nitrogens with one attached hydrogen (secondary N) is 1. The molecule has 0 spiro atoms. The highest BCUT2D eigenvalue weighted by Crippen LogP contribution is 2.27. The van der Waals surface area contributed by atoms with Crippen LogP contribution < -0.4 is 9.64 Å². The van der Waals surface area contributed by atoms with Crippen molar-refractivity contribution in [3.8, 4) is 5.88 Å². The molecular weight excluding hydrogens is 337 g/mol. The van der Waals surface area contributed by atoms with Crippen LogP contribution in [0.4, 0.5) is 19.1 Å². The number of piperazine rings is 1. The van der Waals surface area contributed by atoms with E-state index in [1.807, 2.05) is 19.1 Å². The number of halogens is 3. The van der Waals surface area contributed by atoms with E-state index in [1.54, 1.807) is 11.1 Å². The molecule has 0 aliphatic carbocycles. The molecule has 1 saturated heterocycles. The first-order chi connectivity index (χ1) is 12.0. The van der Waals surface area contributed by atoms with Crippen LogP contribution in [0.2, 0.25) is 0 Å². The number of nitrogens with zero attached hydrogens (tertiary/aromatic N) is 5. The number of aromatic amines is 1. The Morgan fingerprint density at radius 1 is 1.20 bits per heavy atom. The fraction of sp³-hybridized carbons (Fsp3) is 0.533. The van der Waals surface area contributed by atoms with Crippen LogP contribution in [0, 0.1) is 0 Å². The Kier molecular flexibility index (Phi) is 5.07. The van der Waals surface area contributed by atoms with E-state index in [0.717, 1.165) is 25.2 Å². The molecule has 0 atom stereocenters. The van der Waals surface area contributed by atoms with Crippen LogP contribution in [0.3, 0.4) is 0 Å². The van der Waals surface area contributed by atoms with Gasteiger partial charge in [0.1, 0.15) is 0 Å². The molecule has 0 radical (unpaired) electrons. The molecule has 2 aromatic heterocycles. The number of alkyl halides is 3. The van der Waals surface area contributed by atoms with E-state index in [-0.39, 0.29) is 5.95 Å². The molecule has 25 heavy (non-hydrogen) atoms. The van der Waals surface area contributed by atoms with Crippen LogP contribution in [0.25, 0.3) is 0 Å². The van der Waals surface area contributed by atoms with Crippen LogP contribution in [-0.4, -0.2) is 57.9 Å². The average Bonchev–Trinajstić information content (AvgIpc) is 3.08. The van der Waals surface area contributed by atoms with Gasteiger partial charge in [0.05, 0.1) is 6.61 Å². The van der Waals surface area contributed by atoms with Gasteiger partial charge < -0.3 is 9.64 Å². The minimum absolute atomic E-state index is 0.162. The zero-order valence-electron chi connectivity index (χ0n) is 13.8. The Morgan fingerprint density at radius 3 is 2.52 bits per heavy atom. The molecule has 1 fully saturated rings. The standard InChI is InChI=1S/C15H19F3N6O/c1-2-25-12-4-3-11(9-19-12)10-23-5-7-24(8-6-23)14-20-13(21-22-14)15(16,17)18/h3-4,9H,2,5-8,10H2,1H3,(H,20,21,22). The fourth-order valence-corrected chi connectivity index (χ4v) is 2.64. The van der Waals surface area contributed by atoms with Crippen molar-refractivity contribution in [2.24, 2.45) is 0 Å². The molecule has 0 amide bonds. The van der Waals surface area contributed by atoms with E-state index in [0.29, 0.717) is 25.6 Å². The summed E-state index contributed by atoms with van der Waals surface area (Å²) in [6.07, 6.45) is -2.75. The molecular formula is C15H19F3N6O. The number of hydrogen-bond acceptors (Lipinski definition) is 6. The number of aromatic nitrogens is 4. The van der Waals surface area contributed by atoms with E-state index >= 15 is 0 Å². The lowest BCUT2D eigenvalue weighted by atomic mass is 10.2. The molecule has 2 aromatic rings. The number of pyridine rings is 1. The Bertz CT molecular complexity index is 679. The third-order valence-electron chi connectivity index (χ3n) is 3.89. The molecule has 136 valence electrons. The topological polar surface area (TPSA) is 70.2 Å². The van der Waals surface area contributed by atoms with Gasteiger partial charge in [-0.05, 0) is 12.5 Å². The third kappa shape index (κ3) is 4.38. The quantitative estimate of drug-likeness (QED) is 0.883. The van der Waals surface area contributed by atoms with Crippen LogP contribution in [0.15, 0.2) is 18.3 Å². The van der Waals surface area contributed by atoms with E-state index in [9.17, 15) is 13.2 Å². The van der Waals surface area contributed by atoms with Crippen molar-refractivity contribution in [1.82, 2.24) is 25.1 Å². The lowest BCUT2D eigenvalue weighted by Crippen LogP contribution is -2.46. The first-order valence-electron chi connectivity index (χ1n) is 8.00. The smallest absolute Gasteiger partial charge is 0.453 e. The average molecular weight is 356 g/mol. The Hall–Kier alpha value is -2.36. The lowest BCUT2D eigenvalue weighted by Gasteiger charge is -2.34. The maximum Gasteiger partial charge on any atom is 0.453 e. The molecule has 0 aromatic carbocycles. The van der Waals surface area contributed by atoms with Gasteiger partial charge >= 0.3 is 6.18 Å². The molecule has 3 heterocycles. The van der Waals surface area contributed by atoms with Gasteiger partial charge in [-0.1, -0.05) is 6.07 Å². The van der Waals surface area contributed by atoms with Crippen molar-refractivity contribution < 1.29 is 17.9 Å². The Labute approximate surface area is 142 Å². The van der Waals surface area contributed by atoms with E-state index in [4.69, 9.17) is 4.74 Å². The van der Waals surface area contributed by atoms with Gasteiger partial charge in [-0.15, -0.1) is 5.10 Å². The highest BCUT2D eigenvalue weighted by atomic mass is 19.4. The van der Waals surface area contributed by atoms with Gasteiger partial charge in [0.25, 0.3) is 5.82 Å². The summed E-state index contributed by atoms with van der Waals surface area (Å²) in [5.74, 6) is -0.373. The van der Waals surface area contributed by atoms with Gasteiger partial charge in [-0.2, -0.15) is 18.2 Å². The molecule has 1 aliphatic heterocycles. The number of H-pyrrole nitrogens is 1. The minimum atomic E-state index is -4.53. The normalized spacial score (nSPS) is 16.2. The molecule has 0 bridgehead atoms. The lowest BCUT2D eigenvalue weighted by molar-refractivity contribution is -0.144. The van der Waals surface area contributed by atoms with E-state index < -0.39 is 12.0 Å². The Balaban J connectivity index is 1.52. The van der Waals surface area contributed by atoms with Crippen LogP contribution in [0.5, 0.6) is 5.88 Å². The first-order valence-corrected chi connectivity index (χ1v) is 8.00. The molecule has 1 N–H and O–H groups in total. The van der Waals surface area contributed by atoms with Crippen molar-refractivity contribution >= 4 is 5.95 Å². The maximum atomic E-state index is 12.6. The van der Waals surface area contributed by atoms with Crippen molar-refractivity contribution in [3.05, 3.63) is 29.7 Å². The Morgan fingerprint density at radius 2 is 1.96 bits per heavy atom. The predicted octanol–water partition coefficient (Wildman–Crippen LogP) is 1.94. The third-order valence-corrected chi connectivity index (χ3v) is 3.89. The monoisotopic (exact) mass is 356 g/mol. The van der Waals surface area contributed by atoms with Crippen molar-refractivity contribution in [1.29, 1.82) is 0 Å².